The molecule has 14 heavy (non-hydrogen) atoms. The van der Waals surface area contributed by atoms with Crippen molar-refractivity contribution >= 4 is 11.9 Å². The summed E-state index contributed by atoms with van der Waals surface area (Å²) in [4.78, 5) is 23.9. The van der Waals surface area contributed by atoms with Crippen molar-refractivity contribution in [3.63, 3.8) is 0 Å². The number of hydrogen-bond acceptors (Lipinski definition) is 2. The van der Waals surface area contributed by atoms with Crippen LogP contribution in [0.1, 0.15) is 33.6 Å². The zero-order valence-corrected chi connectivity index (χ0v) is 9.33. The van der Waals surface area contributed by atoms with Gasteiger partial charge >= 0.3 is 5.97 Å². The molecule has 0 aromatic carbocycles. The van der Waals surface area contributed by atoms with Crippen molar-refractivity contribution in [2.45, 2.75) is 33.6 Å². The van der Waals surface area contributed by atoms with Crippen molar-refractivity contribution in [3.05, 3.63) is 0 Å². The van der Waals surface area contributed by atoms with E-state index in [2.05, 4.69) is 0 Å². The predicted molar refractivity (Wildman–Crippen MR) is 54.0 cm³/mol. The highest BCUT2D eigenvalue weighted by atomic mass is 16.4. The van der Waals surface area contributed by atoms with Crippen LogP contribution in [0.2, 0.25) is 0 Å². The molecular weight excluding hydrogens is 182 g/mol. The summed E-state index contributed by atoms with van der Waals surface area (Å²) in [5.41, 5.74) is -0.973. The third-order valence-corrected chi connectivity index (χ3v) is 2.16. The summed E-state index contributed by atoms with van der Waals surface area (Å²) in [5, 5.41) is 8.83. The Kier molecular flexibility index (Phi) is 4.60. The highest BCUT2D eigenvalue weighted by Crippen LogP contribution is 2.21. The zero-order valence-electron chi connectivity index (χ0n) is 9.33. The van der Waals surface area contributed by atoms with Gasteiger partial charge in [0.1, 0.15) is 0 Å². The van der Waals surface area contributed by atoms with Gasteiger partial charge in [-0.25, -0.2) is 0 Å². The summed E-state index contributed by atoms with van der Waals surface area (Å²) < 4.78 is 0. The smallest absolute Gasteiger partial charge is 0.309 e. The van der Waals surface area contributed by atoms with E-state index in [1.807, 2.05) is 6.92 Å². The first kappa shape index (κ1) is 12.9. The molecule has 0 bridgehead atoms. The largest absolute Gasteiger partial charge is 0.481 e. The summed E-state index contributed by atoms with van der Waals surface area (Å²) in [6, 6.07) is 0. The Hall–Kier alpha value is -1.06. The summed E-state index contributed by atoms with van der Waals surface area (Å²) in [5.74, 6) is -1.05. The fourth-order valence-electron chi connectivity index (χ4n) is 1.05. The highest BCUT2D eigenvalue weighted by molar-refractivity contribution is 5.84. The minimum absolute atomic E-state index is 0.0544. The van der Waals surface area contributed by atoms with Crippen molar-refractivity contribution in [3.8, 4) is 0 Å². The number of carbonyl (C=O) groups is 2. The molecule has 0 atom stereocenters. The molecule has 0 saturated heterocycles. The molecule has 1 N–H and O–H groups in total. The lowest BCUT2D eigenvalue weighted by atomic mass is 9.89. The molecule has 1 amide bonds. The Morgan fingerprint density at radius 3 is 2.21 bits per heavy atom. The summed E-state index contributed by atoms with van der Waals surface area (Å²) >= 11 is 0. The van der Waals surface area contributed by atoms with Gasteiger partial charge in [-0.05, 0) is 20.3 Å². The second-order valence-electron chi connectivity index (χ2n) is 4.18. The van der Waals surface area contributed by atoms with Crippen LogP contribution in [0.4, 0.5) is 0 Å². The van der Waals surface area contributed by atoms with E-state index < -0.39 is 11.4 Å². The van der Waals surface area contributed by atoms with Gasteiger partial charge in [-0.15, -0.1) is 0 Å². The molecule has 0 aromatic heterocycles. The fourth-order valence-corrected chi connectivity index (χ4v) is 1.05. The molecule has 82 valence electrons. The first-order valence-electron chi connectivity index (χ1n) is 4.78. The van der Waals surface area contributed by atoms with Crippen LogP contribution in [-0.2, 0) is 9.59 Å². The molecule has 0 saturated carbocycles. The summed E-state index contributed by atoms with van der Waals surface area (Å²) in [7, 11) is 1.70. The Balaban J connectivity index is 4.24. The van der Waals surface area contributed by atoms with Crippen molar-refractivity contribution in [2.24, 2.45) is 5.41 Å². The molecule has 0 aliphatic heterocycles. The van der Waals surface area contributed by atoms with E-state index in [0.29, 0.717) is 6.54 Å². The van der Waals surface area contributed by atoms with E-state index in [1.54, 1.807) is 25.8 Å². The lowest BCUT2D eigenvalue weighted by Crippen LogP contribution is -2.35. The molecule has 0 aromatic rings. The Morgan fingerprint density at radius 2 is 1.86 bits per heavy atom. The van der Waals surface area contributed by atoms with Crippen LogP contribution in [0.15, 0.2) is 0 Å². The molecule has 0 fully saturated rings. The van der Waals surface area contributed by atoms with Crippen molar-refractivity contribution in [1.82, 2.24) is 4.90 Å². The van der Waals surface area contributed by atoms with Crippen molar-refractivity contribution in [2.75, 3.05) is 13.6 Å². The first-order chi connectivity index (χ1) is 6.31. The maximum Gasteiger partial charge on any atom is 0.309 e. The van der Waals surface area contributed by atoms with Gasteiger partial charge in [-0.2, -0.15) is 0 Å². The van der Waals surface area contributed by atoms with Gasteiger partial charge in [0.2, 0.25) is 5.91 Å². The zero-order chi connectivity index (χ0) is 11.4. The van der Waals surface area contributed by atoms with E-state index in [-0.39, 0.29) is 12.3 Å². The van der Waals surface area contributed by atoms with Crippen LogP contribution < -0.4 is 0 Å². The second-order valence-corrected chi connectivity index (χ2v) is 4.18. The first-order valence-corrected chi connectivity index (χ1v) is 4.78. The molecule has 0 aliphatic carbocycles. The Labute approximate surface area is 84.9 Å². The number of carbonyl (C=O) groups excluding carboxylic acids is 1. The molecule has 0 spiro atoms. The van der Waals surface area contributed by atoms with Crippen LogP contribution in [0, 0.1) is 5.41 Å². The number of nitrogens with zero attached hydrogens (tertiary/aromatic N) is 1. The molecule has 0 radical (unpaired) electrons. The fraction of sp³-hybridized carbons (Fsp3) is 0.800. The van der Waals surface area contributed by atoms with Crippen LogP contribution in [0.5, 0.6) is 0 Å². The predicted octanol–water partition coefficient (Wildman–Crippen LogP) is 1.36. The van der Waals surface area contributed by atoms with E-state index in [0.717, 1.165) is 6.42 Å². The quantitative estimate of drug-likeness (QED) is 0.730. The van der Waals surface area contributed by atoms with Crippen LogP contribution >= 0.6 is 0 Å². The standard InChI is InChI=1S/C10H19NO3/c1-5-6-11(4)8(12)7-10(2,3)9(13)14/h5-7H2,1-4H3,(H,13,14). The van der Waals surface area contributed by atoms with E-state index in [4.69, 9.17) is 5.11 Å². The monoisotopic (exact) mass is 201 g/mol. The van der Waals surface area contributed by atoms with Gasteiger partial charge in [-0.3, -0.25) is 9.59 Å². The minimum atomic E-state index is -0.973. The SMILES string of the molecule is CCCN(C)C(=O)CC(C)(C)C(=O)O. The third kappa shape index (κ3) is 3.77. The number of hydrogen-bond donors (Lipinski definition) is 1. The molecule has 0 rings (SSSR count). The second kappa shape index (κ2) is 4.98. The number of aliphatic carboxylic acids is 1. The van der Waals surface area contributed by atoms with E-state index in [1.165, 1.54) is 0 Å². The van der Waals surface area contributed by atoms with Gasteiger partial charge in [0.15, 0.2) is 0 Å². The summed E-state index contributed by atoms with van der Waals surface area (Å²) in [6.45, 7) is 5.78. The maximum atomic E-state index is 11.5. The number of rotatable bonds is 5. The molecule has 0 heterocycles. The molecule has 0 unspecified atom stereocenters. The molecular formula is C10H19NO3. The highest BCUT2D eigenvalue weighted by Gasteiger charge is 2.31. The maximum absolute atomic E-state index is 11.5. The van der Waals surface area contributed by atoms with Crippen LogP contribution in [0.25, 0.3) is 0 Å². The number of amides is 1. The lowest BCUT2D eigenvalue weighted by molar-refractivity contribution is -0.151. The average Bonchev–Trinajstić information content (AvgIpc) is 2.03. The molecule has 0 aliphatic rings. The average molecular weight is 201 g/mol. The topological polar surface area (TPSA) is 57.6 Å². The normalized spacial score (nSPS) is 11.1. The van der Waals surface area contributed by atoms with Gasteiger partial charge in [0.25, 0.3) is 0 Å². The molecule has 4 heteroatoms. The Morgan fingerprint density at radius 1 is 1.36 bits per heavy atom. The number of carboxylic acids is 1. The lowest BCUT2D eigenvalue weighted by Gasteiger charge is -2.22. The van der Waals surface area contributed by atoms with Gasteiger partial charge in [0.05, 0.1) is 5.41 Å². The summed E-state index contributed by atoms with van der Waals surface area (Å²) in [6.07, 6.45) is 0.939. The van der Waals surface area contributed by atoms with Crippen molar-refractivity contribution in [1.29, 1.82) is 0 Å². The van der Waals surface area contributed by atoms with Gasteiger partial charge in [-0.1, -0.05) is 6.92 Å². The minimum Gasteiger partial charge on any atom is -0.481 e. The molecule has 4 nitrogen and oxygen atoms in total. The Bertz CT molecular complexity index is 223. The van der Waals surface area contributed by atoms with Crippen LogP contribution in [0.3, 0.4) is 0 Å². The third-order valence-electron chi connectivity index (χ3n) is 2.16. The number of carboxylic acid groups (broad SMARTS) is 1. The van der Waals surface area contributed by atoms with E-state index >= 15 is 0 Å². The van der Waals surface area contributed by atoms with Crippen LogP contribution in [-0.4, -0.2) is 35.5 Å². The van der Waals surface area contributed by atoms with Gasteiger partial charge in [0, 0.05) is 20.0 Å². The van der Waals surface area contributed by atoms with Gasteiger partial charge < -0.3 is 10.0 Å². The van der Waals surface area contributed by atoms with Crippen molar-refractivity contribution < 1.29 is 14.7 Å². The van der Waals surface area contributed by atoms with E-state index in [9.17, 15) is 9.59 Å².